The molecule has 6 aromatic rings. The van der Waals surface area contributed by atoms with Crippen molar-refractivity contribution in [3.8, 4) is 39.3 Å². The third kappa shape index (κ3) is 4.79. The van der Waals surface area contributed by atoms with E-state index in [1.165, 1.54) is 24.1 Å². The number of phenols is 1. The quantitative estimate of drug-likeness (QED) is 0.210. The number of aromatic nitrogens is 3. The Balaban J connectivity index is 0.000000967. The lowest BCUT2D eigenvalue weighted by Crippen LogP contribution is -2.43. The van der Waals surface area contributed by atoms with Gasteiger partial charge in [-0.05, 0) is 65.8 Å². The Morgan fingerprint density at radius 1 is 0.878 bits per heavy atom. The summed E-state index contributed by atoms with van der Waals surface area (Å²) < 4.78 is 15.4. The van der Waals surface area contributed by atoms with Gasteiger partial charge in [-0.15, -0.1) is 0 Å². The van der Waals surface area contributed by atoms with Crippen molar-refractivity contribution >= 4 is 23.0 Å². The summed E-state index contributed by atoms with van der Waals surface area (Å²) in [5.74, 6) is -1.02. The van der Waals surface area contributed by atoms with Crippen molar-refractivity contribution in [3.05, 3.63) is 109 Å². The van der Waals surface area contributed by atoms with Gasteiger partial charge < -0.3 is 15.9 Å². The number of phenolic OH excluding ortho intramolecular Hbond substituents is 1. The lowest BCUT2D eigenvalue weighted by molar-refractivity contribution is -0.122. The van der Waals surface area contributed by atoms with Crippen molar-refractivity contribution < 1.29 is 19.4 Å². The second-order valence-corrected chi connectivity index (χ2v) is 10.2. The van der Waals surface area contributed by atoms with Crippen molar-refractivity contribution in [2.24, 2.45) is 5.73 Å². The van der Waals surface area contributed by atoms with Crippen LogP contribution in [0.25, 0.3) is 50.1 Å². The smallest absolute Gasteiger partial charge is 0.290 e. The monoisotopic (exact) mass is 546 g/mol. The summed E-state index contributed by atoms with van der Waals surface area (Å²) in [6.07, 6.45) is 5.24. The zero-order chi connectivity index (χ0) is 28.6. The summed E-state index contributed by atoms with van der Waals surface area (Å²) in [5, 5.41) is 22.5. The van der Waals surface area contributed by atoms with E-state index >= 15 is 0 Å². The molecule has 4 N–H and O–H groups in total. The Hall–Kier alpha value is -5.08. The molecule has 2 aromatic heterocycles. The molecule has 4 aromatic carbocycles. The van der Waals surface area contributed by atoms with Crippen molar-refractivity contribution in [1.29, 1.82) is 0 Å². The van der Waals surface area contributed by atoms with Crippen LogP contribution in [0.4, 0.5) is 4.39 Å². The highest BCUT2D eigenvalue weighted by atomic mass is 19.1. The zero-order valence-corrected chi connectivity index (χ0v) is 22.0. The number of fused-ring (bicyclic) bond motifs is 3. The summed E-state index contributed by atoms with van der Waals surface area (Å²) in [7, 11) is 0. The number of rotatable bonds is 4. The molecule has 0 unspecified atom stereocenters. The van der Waals surface area contributed by atoms with Crippen LogP contribution in [-0.2, 0) is 10.3 Å². The molecule has 7 rings (SSSR count). The number of nitrogens with zero attached hydrogens (tertiary/aromatic N) is 3. The molecule has 0 atom stereocenters. The zero-order valence-electron chi connectivity index (χ0n) is 22.0. The SMILES string of the molecule is NC1(c2ccc(-c3nc4c5ccc(-c6ccc(F)c(O)c6)cc5nn4cc3-c3ccccc3)cc2)CCC1.O=CO. The van der Waals surface area contributed by atoms with Gasteiger partial charge in [0.2, 0.25) is 0 Å². The second-order valence-electron chi connectivity index (χ2n) is 10.2. The fourth-order valence-electron chi connectivity index (χ4n) is 5.37. The van der Waals surface area contributed by atoms with E-state index in [2.05, 4.69) is 36.4 Å². The number of nitrogens with two attached hydrogens (primary N) is 1. The molecule has 1 saturated carbocycles. The van der Waals surface area contributed by atoms with Crippen LogP contribution in [0.15, 0.2) is 97.2 Å². The third-order valence-corrected chi connectivity index (χ3v) is 7.74. The highest BCUT2D eigenvalue weighted by molar-refractivity contribution is 5.96. The minimum absolute atomic E-state index is 0.209. The third-order valence-electron chi connectivity index (χ3n) is 7.74. The maximum atomic E-state index is 13.6. The molecule has 0 amide bonds. The van der Waals surface area contributed by atoms with Crippen LogP contribution in [0.5, 0.6) is 5.75 Å². The Labute approximate surface area is 235 Å². The standard InChI is InChI=1S/C32H25FN4O.CH2O2/c33-27-14-10-23(18-29(27)38)22-9-13-25-28(17-22)36-37-19-26(20-5-2-1-3-6-20)30(35-31(25)37)21-7-11-24(12-8-21)32(34)15-4-16-32;2-1-3/h1-3,5-14,17-19,38H,4,15-16,34H2;1H,(H,2,3). The van der Waals surface area contributed by atoms with Crippen LogP contribution >= 0.6 is 0 Å². The predicted molar refractivity (Wildman–Crippen MR) is 157 cm³/mol. The average molecular weight is 547 g/mol. The van der Waals surface area contributed by atoms with Crippen molar-refractivity contribution in [2.45, 2.75) is 24.8 Å². The molecule has 0 aliphatic heterocycles. The summed E-state index contributed by atoms with van der Waals surface area (Å²) in [4.78, 5) is 13.5. The molecule has 0 bridgehead atoms. The van der Waals surface area contributed by atoms with Gasteiger partial charge in [0.15, 0.2) is 17.2 Å². The van der Waals surface area contributed by atoms with Gasteiger partial charge >= 0.3 is 0 Å². The van der Waals surface area contributed by atoms with E-state index in [-0.39, 0.29) is 17.8 Å². The van der Waals surface area contributed by atoms with Gasteiger partial charge in [-0.1, -0.05) is 66.7 Å². The van der Waals surface area contributed by atoms with E-state index in [1.54, 1.807) is 6.07 Å². The van der Waals surface area contributed by atoms with E-state index < -0.39 is 5.82 Å². The molecule has 2 heterocycles. The highest BCUT2D eigenvalue weighted by Crippen LogP contribution is 2.40. The maximum Gasteiger partial charge on any atom is 0.290 e. The second kappa shape index (κ2) is 10.5. The van der Waals surface area contributed by atoms with Crippen LogP contribution < -0.4 is 5.73 Å². The first-order valence-corrected chi connectivity index (χ1v) is 13.3. The fraction of sp³-hybridized carbons (Fsp3) is 0.121. The summed E-state index contributed by atoms with van der Waals surface area (Å²) >= 11 is 0. The Kier molecular flexibility index (Phi) is 6.69. The molecule has 1 aliphatic carbocycles. The van der Waals surface area contributed by atoms with Crippen molar-refractivity contribution in [2.75, 3.05) is 0 Å². The first kappa shape index (κ1) is 26.2. The van der Waals surface area contributed by atoms with Crippen LogP contribution in [-0.4, -0.2) is 31.3 Å². The van der Waals surface area contributed by atoms with E-state index in [9.17, 15) is 9.50 Å². The van der Waals surface area contributed by atoms with Crippen LogP contribution in [0, 0.1) is 5.82 Å². The van der Waals surface area contributed by atoms with Crippen molar-refractivity contribution in [3.63, 3.8) is 0 Å². The predicted octanol–water partition coefficient (Wildman–Crippen LogP) is 6.77. The van der Waals surface area contributed by atoms with Gasteiger partial charge in [-0.3, -0.25) is 4.79 Å². The molecular weight excluding hydrogens is 519 g/mol. The number of hydrogen-bond donors (Lipinski definition) is 3. The van der Waals surface area contributed by atoms with Crippen molar-refractivity contribution in [1.82, 2.24) is 14.6 Å². The van der Waals surface area contributed by atoms with Gasteiger partial charge in [0.05, 0.1) is 11.2 Å². The molecule has 204 valence electrons. The average Bonchev–Trinajstić information content (AvgIpc) is 3.34. The van der Waals surface area contributed by atoms with E-state index in [0.29, 0.717) is 5.56 Å². The molecule has 7 nitrogen and oxygen atoms in total. The highest BCUT2D eigenvalue weighted by Gasteiger charge is 2.34. The van der Waals surface area contributed by atoms with Crippen LogP contribution in [0.1, 0.15) is 24.8 Å². The van der Waals surface area contributed by atoms with Gasteiger partial charge in [-0.2, -0.15) is 5.10 Å². The molecule has 0 radical (unpaired) electrons. The summed E-state index contributed by atoms with van der Waals surface area (Å²) in [6, 6.07) is 28.9. The minimum Gasteiger partial charge on any atom is -0.505 e. The molecule has 0 saturated heterocycles. The van der Waals surface area contributed by atoms with Gasteiger partial charge in [0.25, 0.3) is 6.47 Å². The number of carboxylic acid groups (broad SMARTS) is 1. The Morgan fingerprint density at radius 2 is 1.54 bits per heavy atom. The molecular formula is C33H27FN4O3. The van der Waals surface area contributed by atoms with E-state index in [4.69, 9.17) is 25.7 Å². The number of aromatic hydroxyl groups is 1. The lowest BCUT2D eigenvalue weighted by atomic mass is 9.72. The number of halogens is 1. The molecule has 8 heteroatoms. The minimum atomic E-state index is -0.643. The van der Waals surface area contributed by atoms with Gasteiger partial charge in [0, 0.05) is 28.2 Å². The molecule has 1 aliphatic rings. The Bertz CT molecular complexity index is 1880. The normalized spacial score (nSPS) is 13.8. The Morgan fingerprint density at radius 3 is 2.20 bits per heavy atom. The number of benzene rings is 4. The van der Waals surface area contributed by atoms with Crippen LogP contribution in [0.2, 0.25) is 0 Å². The first-order chi connectivity index (χ1) is 19.9. The van der Waals surface area contributed by atoms with Crippen LogP contribution in [0.3, 0.4) is 0 Å². The molecule has 41 heavy (non-hydrogen) atoms. The number of carbonyl (C=O) groups is 1. The molecule has 0 spiro atoms. The number of hydrogen-bond acceptors (Lipinski definition) is 5. The van der Waals surface area contributed by atoms with E-state index in [0.717, 1.165) is 57.3 Å². The van der Waals surface area contributed by atoms with E-state index in [1.807, 2.05) is 47.1 Å². The van der Waals surface area contributed by atoms with Gasteiger partial charge in [0.1, 0.15) is 0 Å². The largest absolute Gasteiger partial charge is 0.505 e. The topological polar surface area (TPSA) is 114 Å². The van der Waals surface area contributed by atoms with Gasteiger partial charge in [-0.25, -0.2) is 13.9 Å². The summed E-state index contributed by atoms with van der Waals surface area (Å²) in [6.45, 7) is -0.250. The fourth-order valence-corrected chi connectivity index (χ4v) is 5.37. The summed E-state index contributed by atoms with van der Waals surface area (Å²) in [5.41, 5.74) is 14.5. The maximum absolute atomic E-state index is 13.6. The molecule has 1 fully saturated rings. The lowest BCUT2D eigenvalue weighted by Gasteiger charge is -2.38. The first-order valence-electron chi connectivity index (χ1n) is 13.3.